The lowest BCUT2D eigenvalue weighted by molar-refractivity contribution is -0.138. The highest BCUT2D eigenvalue weighted by atomic mass is 16.4. The van der Waals surface area contributed by atoms with Crippen LogP contribution in [0.15, 0.2) is 30.5 Å². The summed E-state index contributed by atoms with van der Waals surface area (Å²) in [6, 6.07) is 8.22. The SMILES string of the molecule is O=C(O)C1CCCN1c1ncc(NC2CC2)c2ccccc12. The van der Waals surface area contributed by atoms with Gasteiger partial charge in [0, 0.05) is 23.4 Å². The normalized spacial score (nSPS) is 21.3. The average Bonchev–Trinajstić information content (AvgIpc) is 3.20. The van der Waals surface area contributed by atoms with E-state index in [1.54, 1.807) is 0 Å². The standard InChI is InChI=1S/C17H19N3O2/c21-17(22)15-6-3-9-20(15)16-13-5-2-1-4-12(13)14(10-18-16)19-11-7-8-11/h1-2,4-5,10-11,15,19H,3,6-9H2,(H,21,22). The Balaban J connectivity index is 1.79. The highest BCUT2D eigenvalue weighted by molar-refractivity contribution is 6.01. The number of carbonyl (C=O) groups is 1. The predicted octanol–water partition coefficient (Wildman–Crippen LogP) is 2.86. The van der Waals surface area contributed by atoms with Gasteiger partial charge in [0.2, 0.25) is 0 Å². The summed E-state index contributed by atoms with van der Waals surface area (Å²) in [5.41, 5.74) is 1.05. The first-order chi connectivity index (χ1) is 10.7. The van der Waals surface area contributed by atoms with Crippen LogP contribution in [0, 0.1) is 0 Å². The summed E-state index contributed by atoms with van der Waals surface area (Å²) in [4.78, 5) is 18.0. The molecule has 114 valence electrons. The van der Waals surface area contributed by atoms with Crippen molar-refractivity contribution in [3.8, 4) is 0 Å². The van der Waals surface area contributed by atoms with E-state index >= 15 is 0 Å². The van der Waals surface area contributed by atoms with Crippen LogP contribution in [0.4, 0.5) is 11.5 Å². The third-order valence-corrected chi connectivity index (χ3v) is 4.52. The van der Waals surface area contributed by atoms with E-state index in [0.29, 0.717) is 12.5 Å². The molecular weight excluding hydrogens is 278 g/mol. The molecule has 1 unspecified atom stereocenters. The lowest BCUT2D eigenvalue weighted by atomic mass is 10.1. The van der Waals surface area contributed by atoms with E-state index in [2.05, 4.69) is 16.4 Å². The predicted molar refractivity (Wildman–Crippen MR) is 86.4 cm³/mol. The van der Waals surface area contributed by atoms with Crippen molar-refractivity contribution in [1.29, 1.82) is 0 Å². The first-order valence-corrected chi connectivity index (χ1v) is 7.88. The minimum atomic E-state index is -0.761. The molecule has 1 saturated heterocycles. The van der Waals surface area contributed by atoms with E-state index in [0.717, 1.165) is 35.2 Å². The Morgan fingerprint density at radius 2 is 2.00 bits per heavy atom. The minimum absolute atomic E-state index is 0.460. The Hall–Kier alpha value is -2.30. The second-order valence-electron chi connectivity index (χ2n) is 6.15. The van der Waals surface area contributed by atoms with Crippen molar-refractivity contribution in [3.05, 3.63) is 30.5 Å². The van der Waals surface area contributed by atoms with Gasteiger partial charge in [-0.25, -0.2) is 9.78 Å². The summed E-state index contributed by atoms with van der Waals surface area (Å²) in [6.07, 6.45) is 5.86. The van der Waals surface area contributed by atoms with Gasteiger partial charge in [-0.1, -0.05) is 24.3 Å². The number of carboxylic acid groups (broad SMARTS) is 1. The zero-order valence-corrected chi connectivity index (χ0v) is 12.3. The van der Waals surface area contributed by atoms with Crippen LogP contribution in [0.1, 0.15) is 25.7 Å². The van der Waals surface area contributed by atoms with Crippen LogP contribution in [0.2, 0.25) is 0 Å². The largest absolute Gasteiger partial charge is 0.480 e. The van der Waals surface area contributed by atoms with E-state index in [-0.39, 0.29) is 0 Å². The summed E-state index contributed by atoms with van der Waals surface area (Å²) in [5.74, 6) is 0.0328. The molecular formula is C17H19N3O2. The molecule has 1 aromatic carbocycles. The number of nitrogens with one attached hydrogen (secondary N) is 1. The molecule has 0 amide bonds. The highest BCUT2D eigenvalue weighted by Gasteiger charge is 2.32. The van der Waals surface area contributed by atoms with Gasteiger partial charge in [-0.15, -0.1) is 0 Å². The van der Waals surface area contributed by atoms with Crippen molar-refractivity contribution in [1.82, 2.24) is 4.98 Å². The van der Waals surface area contributed by atoms with Gasteiger partial charge in [0.15, 0.2) is 0 Å². The van der Waals surface area contributed by atoms with Crippen LogP contribution >= 0.6 is 0 Å². The lowest BCUT2D eigenvalue weighted by Gasteiger charge is -2.24. The summed E-state index contributed by atoms with van der Waals surface area (Å²) >= 11 is 0. The van der Waals surface area contributed by atoms with Crippen LogP contribution in [0.5, 0.6) is 0 Å². The summed E-state index contributed by atoms with van der Waals surface area (Å²) in [6.45, 7) is 0.753. The van der Waals surface area contributed by atoms with E-state index < -0.39 is 12.0 Å². The topological polar surface area (TPSA) is 65.5 Å². The number of rotatable bonds is 4. The Bertz CT molecular complexity index is 727. The Morgan fingerprint density at radius 1 is 1.23 bits per heavy atom. The Labute approximate surface area is 129 Å². The van der Waals surface area contributed by atoms with Gasteiger partial charge < -0.3 is 15.3 Å². The molecule has 2 fully saturated rings. The second-order valence-corrected chi connectivity index (χ2v) is 6.15. The molecule has 1 aromatic heterocycles. The smallest absolute Gasteiger partial charge is 0.326 e. The van der Waals surface area contributed by atoms with E-state index in [4.69, 9.17) is 0 Å². The summed E-state index contributed by atoms with van der Waals surface area (Å²) in [7, 11) is 0. The van der Waals surface area contributed by atoms with E-state index in [1.165, 1.54) is 12.8 Å². The Morgan fingerprint density at radius 3 is 2.73 bits per heavy atom. The van der Waals surface area contributed by atoms with Gasteiger partial charge >= 0.3 is 5.97 Å². The number of hydrogen-bond donors (Lipinski definition) is 2. The van der Waals surface area contributed by atoms with Gasteiger partial charge in [-0.2, -0.15) is 0 Å². The molecule has 2 heterocycles. The maximum absolute atomic E-state index is 11.5. The maximum atomic E-state index is 11.5. The molecule has 2 aliphatic rings. The number of hydrogen-bond acceptors (Lipinski definition) is 4. The van der Waals surface area contributed by atoms with E-state index in [9.17, 15) is 9.90 Å². The molecule has 0 bridgehead atoms. The molecule has 22 heavy (non-hydrogen) atoms. The van der Waals surface area contributed by atoms with Gasteiger partial charge in [0.1, 0.15) is 11.9 Å². The van der Waals surface area contributed by atoms with Crippen LogP contribution in [0.25, 0.3) is 10.8 Å². The molecule has 1 saturated carbocycles. The zero-order chi connectivity index (χ0) is 15.1. The quantitative estimate of drug-likeness (QED) is 0.908. The van der Waals surface area contributed by atoms with Crippen molar-refractivity contribution >= 4 is 28.2 Å². The Kier molecular flexibility index (Phi) is 3.13. The number of aromatic nitrogens is 1. The van der Waals surface area contributed by atoms with Gasteiger partial charge in [-0.05, 0) is 25.7 Å². The highest BCUT2D eigenvalue weighted by Crippen LogP contribution is 2.35. The third-order valence-electron chi connectivity index (χ3n) is 4.52. The van der Waals surface area contributed by atoms with Gasteiger partial charge in [-0.3, -0.25) is 0 Å². The van der Waals surface area contributed by atoms with Crippen molar-refractivity contribution in [2.75, 3.05) is 16.8 Å². The first-order valence-electron chi connectivity index (χ1n) is 7.88. The third kappa shape index (κ3) is 2.26. The molecule has 1 aliphatic heterocycles. The van der Waals surface area contributed by atoms with Crippen molar-refractivity contribution in [2.45, 2.75) is 37.8 Å². The number of aliphatic carboxylic acids is 1. The van der Waals surface area contributed by atoms with Crippen LogP contribution in [-0.2, 0) is 4.79 Å². The van der Waals surface area contributed by atoms with E-state index in [1.807, 2.05) is 29.3 Å². The summed E-state index contributed by atoms with van der Waals surface area (Å²) in [5, 5.41) is 15.1. The number of nitrogens with zero attached hydrogens (tertiary/aromatic N) is 2. The number of fused-ring (bicyclic) bond motifs is 1. The lowest BCUT2D eigenvalue weighted by Crippen LogP contribution is -2.36. The molecule has 4 rings (SSSR count). The minimum Gasteiger partial charge on any atom is -0.480 e. The monoisotopic (exact) mass is 297 g/mol. The first kappa shape index (κ1) is 13.4. The second kappa shape index (κ2) is 5.16. The zero-order valence-electron chi connectivity index (χ0n) is 12.3. The molecule has 0 spiro atoms. The number of carboxylic acids is 1. The fourth-order valence-electron chi connectivity index (χ4n) is 3.25. The number of pyridine rings is 1. The van der Waals surface area contributed by atoms with Gasteiger partial charge in [0.05, 0.1) is 11.9 Å². The van der Waals surface area contributed by atoms with Crippen molar-refractivity contribution in [2.24, 2.45) is 0 Å². The maximum Gasteiger partial charge on any atom is 0.326 e. The fourth-order valence-corrected chi connectivity index (χ4v) is 3.25. The summed E-state index contributed by atoms with van der Waals surface area (Å²) < 4.78 is 0. The van der Waals surface area contributed by atoms with Crippen LogP contribution in [-0.4, -0.2) is 34.7 Å². The average molecular weight is 297 g/mol. The molecule has 1 atom stereocenters. The van der Waals surface area contributed by atoms with Crippen molar-refractivity contribution in [3.63, 3.8) is 0 Å². The molecule has 2 aromatic rings. The molecule has 5 nitrogen and oxygen atoms in total. The number of benzene rings is 1. The fraction of sp³-hybridized carbons (Fsp3) is 0.412. The molecule has 1 aliphatic carbocycles. The molecule has 0 radical (unpaired) electrons. The van der Waals surface area contributed by atoms with Crippen LogP contribution < -0.4 is 10.2 Å². The molecule has 5 heteroatoms. The van der Waals surface area contributed by atoms with Gasteiger partial charge in [0.25, 0.3) is 0 Å². The molecule has 2 N–H and O–H groups in total. The van der Waals surface area contributed by atoms with Crippen LogP contribution in [0.3, 0.4) is 0 Å². The van der Waals surface area contributed by atoms with Crippen molar-refractivity contribution < 1.29 is 9.90 Å². The number of anilines is 2.